The lowest BCUT2D eigenvalue weighted by Gasteiger charge is -2.02. The first-order valence-corrected chi connectivity index (χ1v) is 9.94. The molecule has 2 heterocycles. The second kappa shape index (κ2) is 7.89. The predicted octanol–water partition coefficient (Wildman–Crippen LogP) is 6.28. The van der Waals surface area contributed by atoms with Crippen LogP contribution in [0.1, 0.15) is 20.9 Å². The van der Waals surface area contributed by atoms with E-state index >= 15 is 0 Å². The molecule has 0 saturated heterocycles. The van der Waals surface area contributed by atoms with Crippen molar-refractivity contribution < 1.29 is 0 Å². The third-order valence-corrected chi connectivity index (χ3v) is 5.38. The molecule has 0 N–H and O–H groups in total. The van der Waals surface area contributed by atoms with Gasteiger partial charge in [0.05, 0.1) is 9.75 Å². The van der Waals surface area contributed by atoms with E-state index in [1.165, 1.54) is 11.1 Å². The molecule has 0 spiro atoms. The molecule has 0 atom stereocenters. The molecule has 2 aromatic carbocycles. The average Bonchev–Trinajstić information content (AvgIpc) is 3.40. The summed E-state index contributed by atoms with van der Waals surface area (Å²) in [5.41, 5.74) is 4.43. The fourth-order valence-electron chi connectivity index (χ4n) is 2.46. The summed E-state index contributed by atoms with van der Waals surface area (Å²) < 4.78 is 0. The summed E-state index contributed by atoms with van der Waals surface area (Å²) in [6.45, 7) is 0. The van der Waals surface area contributed by atoms with Gasteiger partial charge in [-0.2, -0.15) is 0 Å². The minimum absolute atomic E-state index is 1.03. The molecule has 4 aromatic rings. The fraction of sp³-hybridized carbons (Fsp3) is 0. The van der Waals surface area contributed by atoms with Crippen LogP contribution in [0.4, 0.5) is 0 Å². The van der Waals surface area contributed by atoms with Gasteiger partial charge in [-0.15, -0.1) is 22.7 Å². The van der Waals surface area contributed by atoms with Crippen LogP contribution in [-0.2, 0) is 0 Å². The van der Waals surface area contributed by atoms with Gasteiger partial charge in [0.25, 0.3) is 0 Å². The molecule has 0 amide bonds. The molecule has 0 aliphatic carbocycles. The van der Waals surface area contributed by atoms with Crippen molar-refractivity contribution in [1.29, 1.82) is 0 Å². The van der Waals surface area contributed by atoms with E-state index in [-0.39, 0.29) is 0 Å². The smallest absolute Gasteiger partial charge is 0.0772 e. The molecule has 0 unspecified atom stereocenters. The van der Waals surface area contributed by atoms with Gasteiger partial charge in [0.1, 0.15) is 0 Å². The maximum Gasteiger partial charge on any atom is 0.0772 e. The van der Waals surface area contributed by atoms with Crippen molar-refractivity contribution in [2.24, 2.45) is 0 Å². The van der Waals surface area contributed by atoms with Crippen molar-refractivity contribution in [3.8, 4) is 34.8 Å². The number of thiophene rings is 2. The Morgan fingerprint density at radius 1 is 0.462 bits per heavy atom. The van der Waals surface area contributed by atoms with Crippen LogP contribution in [0.2, 0.25) is 0 Å². The molecule has 26 heavy (non-hydrogen) atoms. The van der Waals surface area contributed by atoms with E-state index in [1.54, 1.807) is 22.7 Å². The zero-order valence-electron chi connectivity index (χ0n) is 13.9. The molecule has 0 aliphatic rings. The Morgan fingerprint density at radius 2 is 0.885 bits per heavy atom. The van der Waals surface area contributed by atoms with E-state index in [0.29, 0.717) is 0 Å². The SMILES string of the molecule is C(#Cc1cccs1)c1ccc(-c2ccc(C#Cc3cccs3)cc2)cc1. The molecule has 0 saturated carbocycles. The topological polar surface area (TPSA) is 0 Å². The molecule has 2 aromatic heterocycles. The number of rotatable bonds is 1. The number of hydrogen-bond donors (Lipinski definition) is 0. The van der Waals surface area contributed by atoms with Crippen LogP contribution in [-0.4, -0.2) is 0 Å². The maximum absolute atomic E-state index is 3.21. The van der Waals surface area contributed by atoms with E-state index in [1.807, 2.05) is 35.0 Å². The van der Waals surface area contributed by atoms with Crippen LogP contribution in [0.15, 0.2) is 83.6 Å². The van der Waals surface area contributed by atoms with E-state index < -0.39 is 0 Å². The maximum atomic E-state index is 3.21. The van der Waals surface area contributed by atoms with Gasteiger partial charge < -0.3 is 0 Å². The van der Waals surface area contributed by atoms with Crippen molar-refractivity contribution in [2.45, 2.75) is 0 Å². The molecule has 0 radical (unpaired) electrons. The second-order valence-electron chi connectivity index (χ2n) is 5.61. The molecular weight excluding hydrogens is 352 g/mol. The van der Waals surface area contributed by atoms with Crippen LogP contribution < -0.4 is 0 Å². The standard InChI is InChI=1S/C24H14S2/c1-3-23(25-17-1)15-9-19-5-11-21(12-6-19)22-13-7-20(8-14-22)10-16-24-4-2-18-26-24/h1-8,11-14,17-18H. The van der Waals surface area contributed by atoms with Gasteiger partial charge in [0.15, 0.2) is 0 Å². The highest BCUT2D eigenvalue weighted by Crippen LogP contribution is 2.20. The molecular formula is C24H14S2. The van der Waals surface area contributed by atoms with Crippen LogP contribution in [0, 0.1) is 23.7 Å². The average molecular weight is 367 g/mol. The third kappa shape index (κ3) is 4.13. The van der Waals surface area contributed by atoms with Crippen molar-refractivity contribution in [3.63, 3.8) is 0 Å². The van der Waals surface area contributed by atoms with Crippen molar-refractivity contribution in [1.82, 2.24) is 0 Å². The van der Waals surface area contributed by atoms with Crippen molar-refractivity contribution in [3.05, 3.63) is 104 Å². The third-order valence-electron chi connectivity index (χ3n) is 3.81. The fourth-order valence-corrected chi connectivity index (χ4v) is 3.60. The Kier molecular flexibility index (Phi) is 4.99. The summed E-state index contributed by atoms with van der Waals surface area (Å²) in [6, 6.07) is 24.9. The summed E-state index contributed by atoms with van der Waals surface area (Å²) >= 11 is 3.32. The van der Waals surface area contributed by atoms with E-state index in [2.05, 4.69) is 72.2 Å². The highest BCUT2D eigenvalue weighted by molar-refractivity contribution is 7.10. The zero-order valence-corrected chi connectivity index (χ0v) is 15.5. The summed E-state index contributed by atoms with van der Waals surface area (Å²) in [5.74, 6) is 12.8. The highest BCUT2D eigenvalue weighted by atomic mass is 32.1. The summed E-state index contributed by atoms with van der Waals surface area (Å²) in [5, 5.41) is 4.09. The van der Waals surface area contributed by atoms with Crippen LogP contribution in [0.5, 0.6) is 0 Å². The van der Waals surface area contributed by atoms with Crippen LogP contribution in [0.3, 0.4) is 0 Å². The van der Waals surface area contributed by atoms with Gasteiger partial charge in [-0.05, 0) is 58.3 Å². The summed E-state index contributed by atoms with van der Waals surface area (Å²) in [6.07, 6.45) is 0. The Bertz CT molecular complexity index is 998. The molecule has 122 valence electrons. The monoisotopic (exact) mass is 366 g/mol. The Balaban J connectivity index is 1.49. The molecule has 0 fully saturated rings. The minimum Gasteiger partial charge on any atom is -0.135 e. The lowest BCUT2D eigenvalue weighted by molar-refractivity contribution is 1.58. The predicted molar refractivity (Wildman–Crippen MR) is 112 cm³/mol. The zero-order chi connectivity index (χ0) is 17.6. The quantitative estimate of drug-likeness (QED) is 0.348. The second-order valence-corrected chi connectivity index (χ2v) is 7.50. The first kappa shape index (κ1) is 16.4. The Hall–Kier alpha value is -3.04. The van der Waals surface area contributed by atoms with Gasteiger partial charge in [-0.25, -0.2) is 0 Å². The van der Waals surface area contributed by atoms with Crippen molar-refractivity contribution in [2.75, 3.05) is 0 Å². The van der Waals surface area contributed by atoms with Gasteiger partial charge >= 0.3 is 0 Å². The number of hydrogen-bond acceptors (Lipinski definition) is 2. The van der Waals surface area contributed by atoms with Gasteiger partial charge in [0.2, 0.25) is 0 Å². The molecule has 0 nitrogen and oxygen atoms in total. The Labute approximate surface area is 161 Å². The summed E-state index contributed by atoms with van der Waals surface area (Å²) in [4.78, 5) is 2.18. The lowest BCUT2D eigenvalue weighted by atomic mass is 10.0. The molecule has 2 heteroatoms. The van der Waals surface area contributed by atoms with E-state index in [0.717, 1.165) is 20.9 Å². The van der Waals surface area contributed by atoms with Crippen molar-refractivity contribution >= 4 is 22.7 Å². The largest absolute Gasteiger partial charge is 0.135 e. The van der Waals surface area contributed by atoms with Gasteiger partial charge in [-0.1, -0.05) is 60.1 Å². The molecule has 0 aliphatic heterocycles. The first-order valence-electron chi connectivity index (χ1n) is 8.18. The lowest BCUT2D eigenvalue weighted by Crippen LogP contribution is -1.81. The summed E-state index contributed by atoms with van der Waals surface area (Å²) in [7, 11) is 0. The van der Waals surface area contributed by atoms with Crippen LogP contribution >= 0.6 is 22.7 Å². The number of benzene rings is 2. The molecule has 0 bridgehead atoms. The van der Waals surface area contributed by atoms with Gasteiger partial charge in [-0.3, -0.25) is 0 Å². The molecule has 4 rings (SSSR count). The minimum atomic E-state index is 1.03. The van der Waals surface area contributed by atoms with Gasteiger partial charge in [0, 0.05) is 11.1 Å². The first-order chi connectivity index (χ1) is 12.9. The van der Waals surface area contributed by atoms with Crippen LogP contribution in [0.25, 0.3) is 11.1 Å². The highest BCUT2D eigenvalue weighted by Gasteiger charge is 1.98. The van der Waals surface area contributed by atoms with E-state index in [9.17, 15) is 0 Å². The van der Waals surface area contributed by atoms with E-state index in [4.69, 9.17) is 0 Å². The Morgan fingerprint density at radius 3 is 1.23 bits per heavy atom. The normalized spacial score (nSPS) is 9.69.